The highest BCUT2D eigenvalue weighted by atomic mass is 32.2. The molecule has 0 aliphatic carbocycles. The number of methoxy groups -OCH3 is 1. The average molecular weight is 566 g/mol. The van der Waals surface area contributed by atoms with Crippen molar-refractivity contribution < 1.29 is 22.7 Å². The number of sulfonamides is 1. The van der Waals surface area contributed by atoms with Gasteiger partial charge in [-0.1, -0.05) is 72.3 Å². The molecule has 0 saturated carbocycles. The Balaban J connectivity index is 1.87. The van der Waals surface area contributed by atoms with E-state index < -0.39 is 16.1 Å². The van der Waals surface area contributed by atoms with Crippen molar-refractivity contribution >= 4 is 27.5 Å². The number of nitrogens with one attached hydrogen (secondary N) is 1. The van der Waals surface area contributed by atoms with E-state index in [-0.39, 0.29) is 37.7 Å². The lowest BCUT2D eigenvalue weighted by molar-refractivity contribution is -0.141. The van der Waals surface area contributed by atoms with E-state index in [4.69, 9.17) is 4.74 Å². The maximum absolute atomic E-state index is 13.8. The van der Waals surface area contributed by atoms with E-state index in [2.05, 4.69) is 5.32 Å². The molecule has 0 spiro atoms. The van der Waals surface area contributed by atoms with Gasteiger partial charge >= 0.3 is 0 Å². The molecule has 40 heavy (non-hydrogen) atoms. The molecule has 8 nitrogen and oxygen atoms in total. The Bertz CT molecular complexity index is 1360. The van der Waals surface area contributed by atoms with Crippen LogP contribution in [-0.4, -0.2) is 57.6 Å². The number of ether oxygens (including phenoxy) is 1. The third-order valence-corrected chi connectivity index (χ3v) is 7.78. The summed E-state index contributed by atoms with van der Waals surface area (Å²) in [7, 11) is -2.15. The fraction of sp³-hybridized carbons (Fsp3) is 0.355. The number of aryl methyl sites for hydroxylation is 1. The number of para-hydroxylation sites is 2. The molecule has 0 heterocycles. The van der Waals surface area contributed by atoms with Crippen molar-refractivity contribution in [3.05, 3.63) is 95.6 Å². The monoisotopic (exact) mass is 565 g/mol. The molecule has 0 radical (unpaired) electrons. The number of carbonyl (C=O) groups excluding carboxylic acids is 2. The van der Waals surface area contributed by atoms with Crippen molar-refractivity contribution in [3.63, 3.8) is 0 Å². The van der Waals surface area contributed by atoms with Crippen LogP contribution in [0.4, 0.5) is 5.69 Å². The summed E-state index contributed by atoms with van der Waals surface area (Å²) >= 11 is 0. The lowest BCUT2D eigenvalue weighted by Gasteiger charge is -2.32. The molecule has 9 heteroatoms. The van der Waals surface area contributed by atoms with Gasteiger partial charge in [0.05, 0.1) is 19.1 Å². The van der Waals surface area contributed by atoms with Crippen molar-refractivity contribution in [2.75, 3.05) is 30.8 Å². The van der Waals surface area contributed by atoms with Crippen LogP contribution in [0.3, 0.4) is 0 Å². The lowest BCUT2D eigenvalue weighted by atomic mass is 10.0. The minimum atomic E-state index is -3.63. The zero-order valence-electron chi connectivity index (χ0n) is 23.7. The van der Waals surface area contributed by atoms with Crippen molar-refractivity contribution in [1.29, 1.82) is 0 Å². The summed E-state index contributed by atoms with van der Waals surface area (Å²) in [5.41, 5.74) is 3.37. The van der Waals surface area contributed by atoms with Gasteiger partial charge in [-0.2, -0.15) is 0 Å². The third kappa shape index (κ3) is 8.58. The van der Waals surface area contributed by atoms with Crippen molar-refractivity contribution in [2.45, 2.75) is 45.7 Å². The van der Waals surface area contributed by atoms with Crippen LogP contribution in [0.15, 0.2) is 78.9 Å². The Morgan fingerprint density at radius 2 is 1.57 bits per heavy atom. The van der Waals surface area contributed by atoms with Crippen LogP contribution < -0.4 is 14.4 Å². The van der Waals surface area contributed by atoms with Crippen LogP contribution in [-0.2, 0) is 32.6 Å². The number of hydrogen-bond donors (Lipinski definition) is 1. The minimum Gasteiger partial charge on any atom is -0.495 e. The van der Waals surface area contributed by atoms with Crippen LogP contribution in [0, 0.1) is 6.92 Å². The lowest BCUT2D eigenvalue weighted by Crippen LogP contribution is -2.50. The second kappa shape index (κ2) is 14.5. The highest BCUT2D eigenvalue weighted by Crippen LogP contribution is 2.30. The van der Waals surface area contributed by atoms with Gasteiger partial charge in [0.25, 0.3) is 0 Å². The Morgan fingerprint density at radius 3 is 2.20 bits per heavy atom. The summed E-state index contributed by atoms with van der Waals surface area (Å²) in [6, 6.07) is 23.7. The Hall–Kier alpha value is -3.85. The fourth-order valence-corrected chi connectivity index (χ4v) is 5.52. The SMILES string of the molecule is CCNC(=O)C(Cc1ccccc1)N(Cc1ccc(C)cc1)C(=O)CCCN(c1ccccc1OC)S(C)(=O)=O. The molecule has 0 saturated heterocycles. The van der Waals surface area contributed by atoms with E-state index in [0.717, 1.165) is 22.9 Å². The molecule has 214 valence electrons. The standard InChI is InChI=1S/C31H39N3O5S/c1-5-32-31(36)28(22-25-12-7-6-8-13-25)33(23-26-19-17-24(2)18-20-26)30(35)16-11-21-34(40(4,37)38)27-14-9-10-15-29(27)39-3/h6-10,12-15,17-20,28H,5,11,16,21-23H2,1-4H3,(H,32,36). The maximum Gasteiger partial charge on any atom is 0.243 e. The van der Waals surface area contributed by atoms with Crippen LogP contribution in [0.25, 0.3) is 0 Å². The summed E-state index contributed by atoms with van der Waals surface area (Å²) < 4.78 is 32.0. The fourth-order valence-electron chi connectivity index (χ4n) is 4.55. The van der Waals surface area contributed by atoms with Crippen LogP contribution in [0.1, 0.15) is 36.5 Å². The van der Waals surface area contributed by atoms with Crippen molar-refractivity contribution in [1.82, 2.24) is 10.2 Å². The molecule has 0 fully saturated rings. The molecule has 2 amide bonds. The predicted molar refractivity (Wildman–Crippen MR) is 159 cm³/mol. The maximum atomic E-state index is 13.8. The first-order valence-electron chi connectivity index (χ1n) is 13.4. The second-order valence-electron chi connectivity index (χ2n) is 9.72. The van der Waals surface area contributed by atoms with Gasteiger partial charge in [-0.15, -0.1) is 0 Å². The zero-order chi connectivity index (χ0) is 29.1. The molecule has 3 rings (SSSR count). The molecule has 3 aromatic rings. The first-order chi connectivity index (χ1) is 19.1. The second-order valence-corrected chi connectivity index (χ2v) is 11.6. The van der Waals surface area contributed by atoms with E-state index in [1.807, 2.05) is 68.4 Å². The van der Waals surface area contributed by atoms with Gasteiger partial charge in [0, 0.05) is 32.5 Å². The van der Waals surface area contributed by atoms with Gasteiger partial charge in [0.1, 0.15) is 11.8 Å². The molecule has 3 aromatic carbocycles. The normalized spacial score (nSPS) is 11.9. The Labute approximate surface area is 238 Å². The number of nitrogens with zero attached hydrogens (tertiary/aromatic N) is 2. The van der Waals surface area contributed by atoms with E-state index in [1.54, 1.807) is 29.2 Å². The summed E-state index contributed by atoms with van der Waals surface area (Å²) in [4.78, 5) is 28.7. The van der Waals surface area contributed by atoms with Crippen molar-refractivity contribution in [2.24, 2.45) is 0 Å². The first kappa shape index (κ1) is 30.7. The Morgan fingerprint density at radius 1 is 0.925 bits per heavy atom. The molecule has 0 aliphatic heterocycles. The predicted octanol–water partition coefficient (Wildman–Crippen LogP) is 4.33. The molecule has 1 atom stereocenters. The van der Waals surface area contributed by atoms with Gasteiger partial charge in [0.15, 0.2) is 0 Å². The van der Waals surface area contributed by atoms with Crippen LogP contribution in [0.2, 0.25) is 0 Å². The molecule has 0 bridgehead atoms. The summed E-state index contributed by atoms with van der Waals surface area (Å²) in [6.07, 6.45) is 1.83. The van der Waals surface area contributed by atoms with Gasteiger partial charge < -0.3 is 15.0 Å². The molecule has 1 N–H and O–H groups in total. The number of amides is 2. The largest absolute Gasteiger partial charge is 0.495 e. The van der Waals surface area contributed by atoms with Crippen LogP contribution >= 0.6 is 0 Å². The van der Waals surface area contributed by atoms with Gasteiger partial charge in [-0.3, -0.25) is 13.9 Å². The molecule has 0 aliphatic rings. The number of hydrogen-bond acceptors (Lipinski definition) is 5. The number of benzene rings is 3. The highest BCUT2D eigenvalue weighted by Gasteiger charge is 2.30. The van der Waals surface area contributed by atoms with E-state index in [0.29, 0.717) is 24.4 Å². The summed E-state index contributed by atoms with van der Waals surface area (Å²) in [5.74, 6) is -0.0146. The average Bonchev–Trinajstić information content (AvgIpc) is 2.94. The topological polar surface area (TPSA) is 96.0 Å². The van der Waals surface area contributed by atoms with E-state index in [1.165, 1.54) is 11.4 Å². The smallest absolute Gasteiger partial charge is 0.243 e. The highest BCUT2D eigenvalue weighted by molar-refractivity contribution is 7.92. The third-order valence-electron chi connectivity index (χ3n) is 6.60. The summed E-state index contributed by atoms with van der Waals surface area (Å²) in [6.45, 7) is 4.64. The minimum absolute atomic E-state index is 0.0672. The first-order valence-corrected chi connectivity index (χ1v) is 15.3. The molecule has 1 unspecified atom stereocenters. The summed E-state index contributed by atoms with van der Waals surface area (Å²) in [5, 5.41) is 2.89. The molecule has 0 aromatic heterocycles. The van der Waals surface area contributed by atoms with Crippen molar-refractivity contribution in [3.8, 4) is 5.75 Å². The molecular formula is C31H39N3O5S. The number of carbonyl (C=O) groups is 2. The number of anilines is 1. The molecular weight excluding hydrogens is 526 g/mol. The quantitative estimate of drug-likeness (QED) is 0.314. The van der Waals surface area contributed by atoms with Gasteiger partial charge in [-0.25, -0.2) is 8.42 Å². The van der Waals surface area contributed by atoms with Crippen LogP contribution in [0.5, 0.6) is 5.75 Å². The Kier molecular flexibility index (Phi) is 11.1. The number of rotatable bonds is 14. The van der Waals surface area contributed by atoms with Gasteiger partial charge in [-0.05, 0) is 43.5 Å². The van der Waals surface area contributed by atoms with E-state index in [9.17, 15) is 18.0 Å². The van der Waals surface area contributed by atoms with Gasteiger partial charge in [0.2, 0.25) is 21.8 Å². The van der Waals surface area contributed by atoms with E-state index >= 15 is 0 Å². The number of likely N-dealkylation sites (N-methyl/N-ethyl adjacent to an activating group) is 1. The zero-order valence-corrected chi connectivity index (χ0v) is 24.5.